The number of carbonyl (C=O) groups is 1. The van der Waals surface area contributed by atoms with Gasteiger partial charge in [0.05, 0.1) is 22.5 Å². The molecule has 0 radical (unpaired) electrons. The lowest BCUT2D eigenvalue weighted by molar-refractivity contribution is -0.118. The molecule has 0 bridgehead atoms. The number of para-hydroxylation sites is 1. The second-order valence-corrected chi connectivity index (χ2v) is 7.81. The van der Waals surface area contributed by atoms with Gasteiger partial charge in [0.2, 0.25) is 5.91 Å². The highest BCUT2D eigenvalue weighted by molar-refractivity contribution is 7.99. The van der Waals surface area contributed by atoms with Gasteiger partial charge in [0.1, 0.15) is 0 Å². The van der Waals surface area contributed by atoms with E-state index in [9.17, 15) is 4.79 Å². The molecule has 144 valence electrons. The third kappa shape index (κ3) is 4.89. The summed E-state index contributed by atoms with van der Waals surface area (Å²) in [5.74, 6) is 0.108. The van der Waals surface area contributed by atoms with Gasteiger partial charge in [-0.25, -0.2) is 10.4 Å². The maximum absolute atomic E-state index is 12.1. The van der Waals surface area contributed by atoms with E-state index < -0.39 is 0 Å². The lowest BCUT2D eigenvalue weighted by Crippen LogP contribution is -2.19. The fourth-order valence-corrected chi connectivity index (χ4v) is 3.57. The molecule has 3 rings (SSSR count). The normalized spacial score (nSPS) is 11.1. The highest BCUT2D eigenvalue weighted by Crippen LogP contribution is 2.25. The topological polar surface area (TPSA) is 57.6 Å². The van der Waals surface area contributed by atoms with Crippen LogP contribution in [-0.2, 0) is 4.79 Å². The largest absolute Gasteiger partial charge is 0.378 e. The third-order valence-electron chi connectivity index (χ3n) is 4.39. The van der Waals surface area contributed by atoms with E-state index in [1.165, 1.54) is 11.8 Å². The number of rotatable bonds is 6. The number of aromatic nitrogens is 1. The van der Waals surface area contributed by atoms with Crippen molar-refractivity contribution in [2.24, 2.45) is 5.10 Å². The molecule has 5 nitrogen and oxygen atoms in total. The Balaban J connectivity index is 1.57. The Hall–Kier alpha value is -2.86. The summed E-state index contributed by atoms with van der Waals surface area (Å²) in [6, 6.07) is 16.1. The van der Waals surface area contributed by atoms with Crippen molar-refractivity contribution in [3.8, 4) is 0 Å². The van der Waals surface area contributed by atoms with Crippen molar-refractivity contribution < 1.29 is 4.79 Å². The van der Waals surface area contributed by atoms with Crippen molar-refractivity contribution in [1.82, 2.24) is 10.4 Å². The van der Waals surface area contributed by atoms with Gasteiger partial charge in [-0.2, -0.15) is 5.10 Å². The van der Waals surface area contributed by atoms with Crippen LogP contribution in [0.1, 0.15) is 16.7 Å². The van der Waals surface area contributed by atoms with Crippen molar-refractivity contribution in [1.29, 1.82) is 0 Å². The molecule has 1 aromatic heterocycles. The minimum absolute atomic E-state index is 0.157. The Kier molecular flexibility index (Phi) is 6.31. The summed E-state index contributed by atoms with van der Waals surface area (Å²) >= 11 is 1.42. The van der Waals surface area contributed by atoms with E-state index in [0.29, 0.717) is 0 Å². The maximum Gasteiger partial charge on any atom is 0.250 e. The summed E-state index contributed by atoms with van der Waals surface area (Å²) in [6.07, 6.45) is 1.64. The molecule has 6 heteroatoms. The standard InChI is InChI=1S/C22H24N4OS/c1-15-6-5-7-19-16(2)12-21(24-22(15)19)28-14-20(27)25-23-13-17-8-10-18(11-9-17)26(3)4/h5-13H,14H2,1-4H3,(H,25,27). The van der Waals surface area contributed by atoms with Crippen molar-refractivity contribution in [3.63, 3.8) is 0 Å². The first kappa shape index (κ1) is 19.9. The molecule has 0 fully saturated rings. The van der Waals surface area contributed by atoms with Crippen LogP contribution in [0.4, 0.5) is 5.69 Å². The van der Waals surface area contributed by atoms with Gasteiger partial charge in [0.15, 0.2) is 0 Å². The molecule has 0 aliphatic heterocycles. The van der Waals surface area contributed by atoms with Gasteiger partial charge in [-0.1, -0.05) is 42.1 Å². The van der Waals surface area contributed by atoms with E-state index in [-0.39, 0.29) is 11.7 Å². The molecule has 0 aliphatic carbocycles. The van der Waals surface area contributed by atoms with Crippen molar-refractivity contribution in [3.05, 3.63) is 65.2 Å². The average Bonchev–Trinajstić information content (AvgIpc) is 2.67. The Morgan fingerprint density at radius 2 is 1.89 bits per heavy atom. The number of hydrogen-bond donors (Lipinski definition) is 1. The van der Waals surface area contributed by atoms with Gasteiger partial charge in [-0.15, -0.1) is 0 Å². The molecule has 0 unspecified atom stereocenters. The Labute approximate surface area is 169 Å². The number of anilines is 1. The summed E-state index contributed by atoms with van der Waals surface area (Å²) < 4.78 is 0. The predicted molar refractivity (Wildman–Crippen MR) is 118 cm³/mol. The van der Waals surface area contributed by atoms with Crippen LogP contribution in [0, 0.1) is 13.8 Å². The minimum atomic E-state index is -0.157. The number of benzene rings is 2. The first-order chi connectivity index (χ1) is 13.4. The molecule has 1 amide bonds. The fraction of sp³-hybridized carbons (Fsp3) is 0.227. The number of nitrogens with one attached hydrogen (secondary N) is 1. The van der Waals surface area contributed by atoms with Crippen LogP contribution in [-0.4, -0.2) is 37.0 Å². The number of thioether (sulfide) groups is 1. The zero-order chi connectivity index (χ0) is 20.1. The van der Waals surface area contributed by atoms with Crippen LogP contribution in [0.15, 0.2) is 58.7 Å². The number of fused-ring (bicyclic) bond motifs is 1. The zero-order valence-corrected chi connectivity index (χ0v) is 17.4. The van der Waals surface area contributed by atoms with Crippen LogP contribution in [0.3, 0.4) is 0 Å². The van der Waals surface area contributed by atoms with Crippen LogP contribution < -0.4 is 10.3 Å². The van der Waals surface area contributed by atoms with Gasteiger partial charge < -0.3 is 4.90 Å². The van der Waals surface area contributed by atoms with Crippen LogP contribution in [0.25, 0.3) is 10.9 Å². The average molecular weight is 393 g/mol. The van der Waals surface area contributed by atoms with E-state index in [1.807, 2.05) is 55.4 Å². The number of aryl methyl sites for hydroxylation is 2. The summed E-state index contributed by atoms with van der Waals surface area (Å²) in [5, 5.41) is 6.03. The molecular weight excluding hydrogens is 368 g/mol. The highest BCUT2D eigenvalue weighted by atomic mass is 32.2. The van der Waals surface area contributed by atoms with E-state index >= 15 is 0 Å². The predicted octanol–water partition coefficient (Wildman–Crippen LogP) is 4.16. The maximum atomic E-state index is 12.1. The number of amides is 1. The quantitative estimate of drug-likeness (QED) is 0.389. The lowest BCUT2D eigenvalue weighted by Gasteiger charge is -2.11. The molecule has 0 spiro atoms. The van der Waals surface area contributed by atoms with Crippen molar-refractivity contribution in [2.75, 3.05) is 24.7 Å². The number of pyridine rings is 1. The van der Waals surface area contributed by atoms with Crippen LogP contribution in [0.5, 0.6) is 0 Å². The first-order valence-electron chi connectivity index (χ1n) is 9.03. The summed E-state index contributed by atoms with van der Waals surface area (Å²) in [7, 11) is 3.99. The Morgan fingerprint density at radius 1 is 1.14 bits per heavy atom. The van der Waals surface area contributed by atoms with Gasteiger partial charge in [-0.05, 0) is 48.7 Å². The van der Waals surface area contributed by atoms with Gasteiger partial charge in [0, 0.05) is 25.2 Å². The molecule has 0 atom stereocenters. The summed E-state index contributed by atoms with van der Waals surface area (Å²) in [5.41, 5.74) is 7.91. The third-order valence-corrected chi connectivity index (χ3v) is 5.30. The molecule has 0 saturated carbocycles. The molecule has 0 saturated heterocycles. The monoisotopic (exact) mass is 392 g/mol. The Bertz CT molecular complexity index is 1010. The van der Waals surface area contributed by atoms with E-state index in [0.717, 1.165) is 38.3 Å². The number of carbonyl (C=O) groups excluding carboxylic acids is 1. The van der Waals surface area contributed by atoms with Crippen LogP contribution >= 0.6 is 11.8 Å². The van der Waals surface area contributed by atoms with Gasteiger partial charge >= 0.3 is 0 Å². The number of hydrogen-bond acceptors (Lipinski definition) is 5. The number of nitrogens with zero attached hydrogens (tertiary/aromatic N) is 3. The second kappa shape index (κ2) is 8.89. The smallest absolute Gasteiger partial charge is 0.250 e. The Morgan fingerprint density at radius 3 is 2.61 bits per heavy atom. The molecular formula is C22H24N4OS. The zero-order valence-electron chi connectivity index (χ0n) is 16.6. The lowest BCUT2D eigenvalue weighted by atomic mass is 10.1. The summed E-state index contributed by atoms with van der Waals surface area (Å²) in [6.45, 7) is 4.12. The molecule has 3 aromatic rings. The molecule has 1 N–H and O–H groups in total. The highest BCUT2D eigenvalue weighted by Gasteiger charge is 2.07. The second-order valence-electron chi connectivity index (χ2n) is 6.82. The minimum Gasteiger partial charge on any atom is -0.378 e. The van der Waals surface area contributed by atoms with E-state index in [2.05, 4.69) is 36.5 Å². The van der Waals surface area contributed by atoms with E-state index in [1.54, 1.807) is 6.21 Å². The van der Waals surface area contributed by atoms with Gasteiger partial charge in [0.25, 0.3) is 0 Å². The molecule has 1 heterocycles. The van der Waals surface area contributed by atoms with E-state index in [4.69, 9.17) is 4.98 Å². The molecule has 28 heavy (non-hydrogen) atoms. The van der Waals surface area contributed by atoms with Crippen molar-refractivity contribution in [2.45, 2.75) is 18.9 Å². The number of hydrazone groups is 1. The van der Waals surface area contributed by atoms with Crippen molar-refractivity contribution >= 4 is 40.5 Å². The molecule has 2 aromatic carbocycles. The fourth-order valence-electron chi connectivity index (χ4n) is 2.81. The summed E-state index contributed by atoms with van der Waals surface area (Å²) in [4.78, 5) is 18.8. The first-order valence-corrected chi connectivity index (χ1v) is 10.0. The van der Waals surface area contributed by atoms with Gasteiger partial charge in [-0.3, -0.25) is 4.79 Å². The van der Waals surface area contributed by atoms with Crippen LogP contribution in [0.2, 0.25) is 0 Å². The SMILES string of the molecule is Cc1cc(SCC(=O)NN=Cc2ccc(N(C)C)cc2)nc2c(C)cccc12. The molecule has 0 aliphatic rings.